The summed E-state index contributed by atoms with van der Waals surface area (Å²) in [6.45, 7) is 0.00714. The molecular weight excluding hydrogens is 313 g/mol. The number of amides is 2. The van der Waals surface area contributed by atoms with Gasteiger partial charge in [0.05, 0.1) is 23.0 Å². The van der Waals surface area contributed by atoms with Gasteiger partial charge >= 0.3 is 6.18 Å². The first kappa shape index (κ1) is 15.4. The van der Waals surface area contributed by atoms with Crippen molar-refractivity contribution in [1.29, 1.82) is 0 Å². The van der Waals surface area contributed by atoms with E-state index in [0.29, 0.717) is 12.3 Å². The Balaban J connectivity index is 2.14. The van der Waals surface area contributed by atoms with Gasteiger partial charge < -0.3 is 5.73 Å². The van der Waals surface area contributed by atoms with Crippen LogP contribution < -0.4 is 11.2 Å². The Morgan fingerprint density at radius 3 is 2.67 bits per heavy atom. The zero-order valence-corrected chi connectivity index (χ0v) is 11.2. The van der Waals surface area contributed by atoms with Crippen LogP contribution in [0.15, 0.2) is 12.3 Å². The van der Waals surface area contributed by atoms with Crippen molar-refractivity contribution < 1.29 is 22.8 Å². The maximum atomic E-state index is 12.5. The Hall–Kier alpha value is -2.03. The van der Waals surface area contributed by atoms with Crippen LogP contribution in [0.25, 0.3) is 0 Å². The average molecular weight is 323 g/mol. The molecule has 2 heterocycles. The fraction of sp³-hybridized carbons (Fsp3) is 0.364. The summed E-state index contributed by atoms with van der Waals surface area (Å²) in [6.07, 6.45) is -4.03. The van der Waals surface area contributed by atoms with Crippen LogP contribution in [-0.4, -0.2) is 28.4 Å². The van der Waals surface area contributed by atoms with Crippen LogP contribution in [0.1, 0.15) is 12.0 Å². The Kier molecular flexibility index (Phi) is 3.95. The van der Waals surface area contributed by atoms with Crippen LogP contribution in [0.3, 0.4) is 0 Å². The SMILES string of the molecule is NC(=O)C1CC(=O)N(Nc2ncc(C(F)(F)F)cc2Cl)C1. The second-order valence-corrected chi connectivity index (χ2v) is 4.88. The van der Waals surface area contributed by atoms with Gasteiger partial charge in [-0.25, -0.2) is 4.98 Å². The minimum Gasteiger partial charge on any atom is -0.369 e. The first-order chi connectivity index (χ1) is 9.68. The highest BCUT2D eigenvalue weighted by molar-refractivity contribution is 6.33. The van der Waals surface area contributed by atoms with E-state index >= 15 is 0 Å². The molecule has 0 saturated carbocycles. The molecule has 2 rings (SSSR count). The summed E-state index contributed by atoms with van der Waals surface area (Å²) in [5, 5.41) is 0.761. The van der Waals surface area contributed by atoms with Gasteiger partial charge in [0.25, 0.3) is 0 Å². The van der Waals surface area contributed by atoms with Crippen LogP contribution in [-0.2, 0) is 15.8 Å². The number of aromatic nitrogens is 1. The summed E-state index contributed by atoms with van der Waals surface area (Å²) < 4.78 is 37.4. The van der Waals surface area contributed by atoms with E-state index in [-0.39, 0.29) is 23.8 Å². The molecule has 114 valence electrons. The van der Waals surface area contributed by atoms with Gasteiger partial charge in [-0.1, -0.05) is 11.6 Å². The molecule has 1 atom stereocenters. The van der Waals surface area contributed by atoms with E-state index < -0.39 is 29.5 Å². The predicted octanol–water partition coefficient (Wildman–Crippen LogP) is 1.41. The molecule has 0 radical (unpaired) electrons. The van der Waals surface area contributed by atoms with Crippen LogP contribution in [0, 0.1) is 5.92 Å². The molecule has 0 aromatic carbocycles. The molecule has 0 bridgehead atoms. The number of hydrogen-bond donors (Lipinski definition) is 2. The molecule has 1 fully saturated rings. The lowest BCUT2D eigenvalue weighted by atomic mass is 10.1. The highest BCUT2D eigenvalue weighted by Gasteiger charge is 2.35. The number of primary amides is 1. The molecule has 1 aromatic rings. The quantitative estimate of drug-likeness (QED) is 0.880. The third-order valence-electron chi connectivity index (χ3n) is 2.94. The Morgan fingerprint density at radius 1 is 1.52 bits per heavy atom. The standard InChI is InChI=1S/C11H10ClF3N4O2/c12-7-2-6(11(13,14)15)3-17-10(7)18-19-4-5(9(16)21)1-8(19)20/h2-3,5H,1,4H2,(H2,16,21)(H,17,18). The monoisotopic (exact) mass is 322 g/mol. The summed E-state index contributed by atoms with van der Waals surface area (Å²) in [5.41, 5.74) is 6.59. The molecular formula is C11H10ClF3N4O2. The van der Waals surface area contributed by atoms with E-state index in [2.05, 4.69) is 10.4 Å². The minimum atomic E-state index is -4.56. The van der Waals surface area contributed by atoms with Crippen molar-refractivity contribution in [3.8, 4) is 0 Å². The van der Waals surface area contributed by atoms with Gasteiger partial charge in [-0.15, -0.1) is 0 Å². The van der Waals surface area contributed by atoms with Crippen LogP contribution in [0.5, 0.6) is 0 Å². The van der Waals surface area contributed by atoms with Crippen molar-refractivity contribution in [2.45, 2.75) is 12.6 Å². The minimum absolute atomic E-state index is 0.00714. The van der Waals surface area contributed by atoms with Crippen molar-refractivity contribution in [3.05, 3.63) is 22.8 Å². The molecule has 0 spiro atoms. The number of carbonyl (C=O) groups is 2. The Labute approximate surface area is 122 Å². The van der Waals surface area contributed by atoms with Gasteiger partial charge in [0.2, 0.25) is 11.8 Å². The van der Waals surface area contributed by atoms with E-state index in [4.69, 9.17) is 17.3 Å². The number of nitrogens with one attached hydrogen (secondary N) is 1. The fourth-order valence-corrected chi connectivity index (χ4v) is 2.02. The van der Waals surface area contributed by atoms with E-state index in [1.54, 1.807) is 0 Å². The molecule has 3 N–H and O–H groups in total. The highest BCUT2D eigenvalue weighted by atomic mass is 35.5. The number of rotatable bonds is 3. The summed E-state index contributed by atoms with van der Waals surface area (Å²) >= 11 is 5.71. The second-order valence-electron chi connectivity index (χ2n) is 4.47. The number of hydrogen-bond acceptors (Lipinski definition) is 4. The predicted molar refractivity (Wildman–Crippen MR) is 66.9 cm³/mol. The molecule has 1 aromatic heterocycles. The second kappa shape index (κ2) is 5.40. The maximum Gasteiger partial charge on any atom is 0.417 e. The number of alkyl halides is 3. The molecule has 0 aliphatic carbocycles. The van der Waals surface area contributed by atoms with E-state index in [9.17, 15) is 22.8 Å². The highest BCUT2D eigenvalue weighted by Crippen LogP contribution is 2.32. The third kappa shape index (κ3) is 3.35. The average Bonchev–Trinajstić information content (AvgIpc) is 2.72. The normalized spacial score (nSPS) is 19.0. The number of anilines is 1. The number of nitrogens with zero attached hydrogens (tertiary/aromatic N) is 2. The summed E-state index contributed by atoms with van der Waals surface area (Å²) in [7, 11) is 0. The van der Waals surface area contributed by atoms with E-state index in [1.807, 2.05) is 0 Å². The number of nitrogens with two attached hydrogens (primary N) is 1. The number of halogens is 4. The lowest BCUT2D eigenvalue weighted by Crippen LogP contribution is -2.33. The first-order valence-electron chi connectivity index (χ1n) is 5.77. The first-order valence-corrected chi connectivity index (χ1v) is 6.15. The Bertz CT molecular complexity index is 593. The summed E-state index contributed by atoms with van der Waals surface area (Å²) in [6, 6.07) is 0.697. The van der Waals surface area contributed by atoms with Crippen molar-refractivity contribution >= 4 is 29.2 Å². The number of hydrazine groups is 1. The topological polar surface area (TPSA) is 88.3 Å². The summed E-state index contributed by atoms with van der Waals surface area (Å²) in [5.74, 6) is -1.81. The zero-order chi connectivity index (χ0) is 15.8. The smallest absolute Gasteiger partial charge is 0.369 e. The van der Waals surface area contributed by atoms with E-state index in [0.717, 1.165) is 5.01 Å². The van der Waals surface area contributed by atoms with Gasteiger partial charge in [0, 0.05) is 12.6 Å². The molecule has 1 saturated heterocycles. The third-order valence-corrected chi connectivity index (χ3v) is 3.22. The van der Waals surface area contributed by atoms with Gasteiger partial charge in [0.15, 0.2) is 5.82 Å². The number of pyridine rings is 1. The zero-order valence-electron chi connectivity index (χ0n) is 10.4. The fourth-order valence-electron chi connectivity index (χ4n) is 1.81. The van der Waals surface area contributed by atoms with Crippen molar-refractivity contribution in [1.82, 2.24) is 9.99 Å². The van der Waals surface area contributed by atoms with Crippen molar-refractivity contribution in [2.24, 2.45) is 11.7 Å². The molecule has 10 heteroatoms. The molecule has 1 aliphatic heterocycles. The van der Waals surface area contributed by atoms with Crippen molar-refractivity contribution in [2.75, 3.05) is 12.0 Å². The lowest BCUT2D eigenvalue weighted by Gasteiger charge is -2.19. The van der Waals surface area contributed by atoms with Gasteiger partial charge in [-0.2, -0.15) is 13.2 Å². The largest absolute Gasteiger partial charge is 0.417 e. The molecule has 6 nitrogen and oxygen atoms in total. The van der Waals surface area contributed by atoms with Gasteiger partial charge in [-0.05, 0) is 6.07 Å². The molecule has 1 unspecified atom stereocenters. The Morgan fingerprint density at radius 2 is 2.19 bits per heavy atom. The molecule has 1 aliphatic rings. The molecule has 21 heavy (non-hydrogen) atoms. The lowest BCUT2D eigenvalue weighted by molar-refractivity contribution is -0.137. The van der Waals surface area contributed by atoms with Crippen LogP contribution >= 0.6 is 11.6 Å². The summed E-state index contributed by atoms with van der Waals surface area (Å²) in [4.78, 5) is 26.2. The molecule has 2 amide bonds. The van der Waals surface area contributed by atoms with Gasteiger partial charge in [0.1, 0.15) is 0 Å². The maximum absolute atomic E-state index is 12.5. The van der Waals surface area contributed by atoms with Crippen LogP contribution in [0.2, 0.25) is 5.02 Å². The van der Waals surface area contributed by atoms with Gasteiger partial charge in [-0.3, -0.25) is 20.0 Å². The van der Waals surface area contributed by atoms with Crippen molar-refractivity contribution in [3.63, 3.8) is 0 Å². The van der Waals surface area contributed by atoms with E-state index in [1.165, 1.54) is 0 Å². The van der Waals surface area contributed by atoms with Crippen LogP contribution in [0.4, 0.5) is 19.0 Å². The number of carbonyl (C=O) groups excluding carboxylic acids is 2.